The van der Waals surface area contributed by atoms with Crippen LogP contribution in [0.15, 0.2) is 25.3 Å². The largest absolute Gasteiger partial charge is 0.239 e. The van der Waals surface area contributed by atoms with Gasteiger partial charge in [0, 0.05) is 0 Å². The molecule has 2 atom stereocenters. The Kier molecular flexibility index (Phi) is 3.50. The van der Waals surface area contributed by atoms with E-state index < -0.39 is 5.67 Å². The molecular weight excluding hydrogens is 139 g/mol. The van der Waals surface area contributed by atoms with Crippen molar-refractivity contribution in [3.05, 3.63) is 25.3 Å². The maximum Gasteiger partial charge on any atom is 0.134 e. The van der Waals surface area contributed by atoms with Gasteiger partial charge in [0.15, 0.2) is 0 Å². The van der Waals surface area contributed by atoms with Gasteiger partial charge in [0.25, 0.3) is 0 Å². The van der Waals surface area contributed by atoms with Crippen molar-refractivity contribution in [3.63, 3.8) is 0 Å². The van der Waals surface area contributed by atoms with Gasteiger partial charge in [-0.05, 0) is 24.3 Å². The molecule has 1 heteroatoms. The molecule has 1 aliphatic rings. The molecule has 1 saturated carbocycles. The third-order valence-corrected chi connectivity index (χ3v) is 2.24. The number of alkyl halides is 1. The van der Waals surface area contributed by atoms with Crippen molar-refractivity contribution in [2.75, 3.05) is 0 Å². The third-order valence-electron chi connectivity index (χ3n) is 2.24. The van der Waals surface area contributed by atoms with Gasteiger partial charge < -0.3 is 0 Å². The van der Waals surface area contributed by atoms with E-state index in [1.807, 2.05) is 13.8 Å². The summed E-state index contributed by atoms with van der Waals surface area (Å²) in [6.07, 6.45) is 1.47. The molecule has 0 amide bonds. The van der Waals surface area contributed by atoms with Crippen molar-refractivity contribution in [1.82, 2.24) is 0 Å². The summed E-state index contributed by atoms with van der Waals surface area (Å²) in [4.78, 5) is 0. The first-order valence-electron chi connectivity index (χ1n) is 3.98. The molecule has 0 bridgehead atoms. The molecule has 0 saturated heterocycles. The molecule has 64 valence electrons. The van der Waals surface area contributed by atoms with E-state index in [0.29, 0.717) is 6.42 Å². The van der Waals surface area contributed by atoms with E-state index >= 15 is 0 Å². The Hall–Kier alpha value is -0.590. The van der Waals surface area contributed by atoms with Crippen LogP contribution in [0.3, 0.4) is 0 Å². The molecule has 1 fully saturated rings. The average molecular weight is 156 g/mol. The third kappa shape index (κ3) is 1.92. The molecule has 0 aromatic rings. The van der Waals surface area contributed by atoms with Crippen molar-refractivity contribution in [2.45, 2.75) is 32.4 Å². The summed E-state index contributed by atoms with van der Waals surface area (Å²) in [6.45, 7) is 13.6. The zero-order valence-electron chi connectivity index (χ0n) is 7.49. The van der Waals surface area contributed by atoms with E-state index in [4.69, 9.17) is 0 Å². The summed E-state index contributed by atoms with van der Waals surface area (Å²) in [6, 6.07) is 0. The second-order valence-electron chi connectivity index (χ2n) is 2.92. The molecule has 2 unspecified atom stereocenters. The van der Waals surface area contributed by atoms with E-state index in [2.05, 4.69) is 19.7 Å². The average Bonchev–Trinajstić information content (AvgIpc) is 2.64. The van der Waals surface area contributed by atoms with Gasteiger partial charge in [-0.2, -0.15) is 0 Å². The predicted octanol–water partition coefficient (Wildman–Crippen LogP) is 3.50. The molecule has 0 N–H and O–H groups in total. The van der Waals surface area contributed by atoms with Crippen molar-refractivity contribution < 1.29 is 4.39 Å². The van der Waals surface area contributed by atoms with Gasteiger partial charge in [-0.1, -0.05) is 20.4 Å². The van der Waals surface area contributed by atoms with Crippen LogP contribution in [0.4, 0.5) is 4.39 Å². The predicted molar refractivity (Wildman–Crippen MR) is 48.3 cm³/mol. The van der Waals surface area contributed by atoms with Gasteiger partial charge in [-0.3, -0.25) is 0 Å². The van der Waals surface area contributed by atoms with Gasteiger partial charge in [-0.15, -0.1) is 13.2 Å². The highest BCUT2D eigenvalue weighted by Crippen LogP contribution is 2.52. The first-order valence-corrected chi connectivity index (χ1v) is 3.98. The highest BCUT2D eigenvalue weighted by atomic mass is 19.1. The fourth-order valence-electron chi connectivity index (χ4n) is 1.17. The van der Waals surface area contributed by atoms with E-state index in [-0.39, 0.29) is 5.92 Å². The summed E-state index contributed by atoms with van der Waals surface area (Å²) in [7, 11) is 0. The Morgan fingerprint density at radius 1 is 1.64 bits per heavy atom. The van der Waals surface area contributed by atoms with Crippen LogP contribution in [0.1, 0.15) is 26.7 Å². The molecular formula is C10H17F. The fourth-order valence-corrected chi connectivity index (χ4v) is 1.17. The fraction of sp³-hybridized carbons (Fsp3) is 0.600. The van der Waals surface area contributed by atoms with Crippen LogP contribution in [-0.2, 0) is 0 Å². The lowest BCUT2D eigenvalue weighted by Gasteiger charge is -2.06. The minimum atomic E-state index is -0.977. The monoisotopic (exact) mass is 156 g/mol. The number of hydrogen-bond donors (Lipinski definition) is 0. The quantitative estimate of drug-likeness (QED) is 0.537. The lowest BCUT2D eigenvalue weighted by Crippen LogP contribution is -2.04. The number of rotatable bonds is 2. The molecule has 0 nitrogen and oxygen atoms in total. The van der Waals surface area contributed by atoms with E-state index in [0.717, 1.165) is 12.0 Å². The molecule has 0 radical (unpaired) electrons. The van der Waals surface area contributed by atoms with Gasteiger partial charge in [0.05, 0.1) is 0 Å². The maximum atomic E-state index is 13.2. The molecule has 0 aromatic carbocycles. The van der Waals surface area contributed by atoms with Crippen molar-refractivity contribution in [2.24, 2.45) is 5.92 Å². The maximum absolute atomic E-state index is 13.2. The second-order valence-corrected chi connectivity index (χ2v) is 2.92. The Balaban J connectivity index is 0.000000461. The van der Waals surface area contributed by atoms with Gasteiger partial charge >= 0.3 is 0 Å². The van der Waals surface area contributed by atoms with Gasteiger partial charge in [0.1, 0.15) is 5.67 Å². The lowest BCUT2D eigenvalue weighted by molar-refractivity contribution is 0.331. The SMILES string of the molecule is C=C.C=C(CC)C1(F)CC1C. The first kappa shape index (κ1) is 10.4. The zero-order chi connectivity index (χ0) is 9.07. The molecule has 1 aliphatic carbocycles. The molecule has 11 heavy (non-hydrogen) atoms. The van der Waals surface area contributed by atoms with Crippen LogP contribution in [0.2, 0.25) is 0 Å². The summed E-state index contributed by atoms with van der Waals surface area (Å²) in [5.74, 6) is 0.227. The Morgan fingerprint density at radius 3 is 2.09 bits per heavy atom. The topological polar surface area (TPSA) is 0 Å². The molecule has 0 aromatic heterocycles. The summed E-state index contributed by atoms with van der Waals surface area (Å²) < 4.78 is 13.2. The molecule has 0 aliphatic heterocycles. The van der Waals surface area contributed by atoms with E-state index in [1.54, 1.807) is 0 Å². The summed E-state index contributed by atoms with van der Waals surface area (Å²) in [5.41, 5.74) is -0.204. The summed E-state index contributed by atoms with van der Waals surface area (Å²) >= 11 is 0. The zero-order valence-corrected chi connectivity index (χ0v) is 7.49. The van der Waals surface area contributed by atoms with Gasteiger partial charge in [-0.25, -0.2) is 4.39 Å². The van der Waals surface area contributed by atoms with Gasteiger partial charge in [0.2, 0.25) is 0 Å². The number of hydrogen-bond acceptors (Lipinski definition) is 0. The van der Waals surface area contributed by atoms with Crippen LogP contribution in [0.25, 0.3) is 0 Å². The smallest absolute Gasteiger partial charge is 0.134 e. The molecule has 0 spiro atoms. The Morgan fingerprint density at radius 2 is 2.00 bits per heavy atom. The van der Waals surface area contributed by atoms with Crippen molar-refractivity contribution >= 4 is 0 Å². The highest BCUT2D eigenvalue weighted by molar-refractivity contribution is 5.24. The first-order chi connectivity index (χ1) is 5.11. The standard InChI is InChI=1S/C8H13F.C2H4/c1-4-6(2)8(9)5-7(8)3;1-2/h7H,2,4-5H2,1,3H3;1-2H2. The van der Waals surface area contributed by atoms with Crippen LogP contribution in [0.5, 0.6) is 0 Å². The van der Waals surface area contributed by atoms with Crippen LogP contribution in [-0.4, -0.2) is 5.67 Å². The van der Waals surface area contributed by atoms with Crippen LogP contribution >= 0.6 is 0 Å². The number of halogens is 1. The minimum absolute atomic E-state index is 0.227. The summed E-state index contributed by atoms with van der Waals surface area (Å²) in [5, 5.41) is 0. The van der Waals surface area contributed by atoms with Crippen molar-refractivity contribution in [1.29, 1.82) is 0 Å². The second kappa shape index (κ2) is 3.70. The highest BCUT2D eigenvalue weighted by Gasteiger charge is 2.53. The van der Waals surface area contributed by atoms with Crippen LogP contribution in [0, 0.1) is 5.92 Å². The molecule has 1 rings (SSSR count). The Labute approximate surface area is 68.8 Å². The van der Waals surface area contributed by atoms with Crippen molar-refractivity contribution in [3.8, 4) is 0 Å². The van der Waals surface area contributed by atoms with E-state index in [9.17, 15) is 4.39 Å². The lowest BCUT2D eigenvalue weighted by atomic mass is 10.1. The normalized spacial score (nSPS) is 33.5. The molecule has 0 heterocycles. The van der Waals surface area contributed by atoms with E-state index in [1.165, 1.54) is 0 Å². The Bertz CT molecular complexity index is 151. The van der Waals surface area contributed by atoms with Crippen LogP contribution < -0.4 is 0 Å². The number of allylic oxidation sites excluding steroid dienone is 1. The minimum Gasteiger partial charge on any atom is -0.239 e.